The van der Waals surface area contributed by atoms with E-state index in [0.29, 0.717) is 30.7 Å². The number of carbonyl (C=O) groups is 2. The van der Waals surface area contributed by atoms with Crippen LogP contribution in [-0.4, -0.2) is 16.3 Å². The zero-order valence-corrected chi connectivity index (χ0v) is 21.3. The van der Waals surface area contributed by atoms with Crippen LogP contribution in [-0.2, 0) is 21.9 Å². The number of nitrogens with one attached hydrogen (secondary N) is 1. The fourth-order valence-corrected chi connectivity index (χ4v) is 9.08. The maximum Gasteiger partial charge on any atom is 0.419 e. The summed E-state index contributed by atoms with van der Waals surface area (Å²) in [6.45, 7) is 4.34. The number of amides is 1. The number of hydrogen-bond acceptors (Lipinski definition) is 3. The summed E-state index contributed by atoms with van der Waals surface area (Å²) in [4.78, 5) is 25.2. The van der Waals surface area contributed by atoms with Crippen molar-refractivity contribution >= 4 is 28.5 Å². The first-order valence-electron chi connectivity index (χ1n) is 12.6. The molecule has 3 fully saturated rings. The predicted molar refractivity (Wildman–Crippen MR) is 128 cm³/mol. The van der Waals surface area contributed by atoms with Gasteiger partial charge in [0.2, 0.25) is 11.0 Å². The van der Waals surface area contributed by atoms with E-state index in [1.807, 2.05) is 0 Å². The maximum atomic E-state index is 13.7. The number of thioether (sulfide) groups is 1. The number of hydrogen-bond donors (Lipinski definition) is 1. The molecule has 0 radical (unpaired) electrons. The Labute approximate surface area is 215 Å². The molecule has 3 nitrogen and oxygen atoms in total. The monoisotopic (exact) mass is 545 g/mol. The standard InChI is InChI=1S/C27H29F6NO2S/c1-24-10-8-16-15(6-7-20-25(16,2)11-9-21(35)37-20)18(24)12-14(13-24)23(36)34-19-5-3-4-17(26(28,29)30)22(19)27(31,32)33/h3-5,9,11,14-16,18,20H,6-8,10,12-13H2,1-2H3,(H,34,36)/t14?,15-,16-,18+,20?,24-,25-/m1/s1. The average Bonchev–Trinajstić information content (AvgIpc) is 3.16. The Bertz CT molecular complexity index is 1150. The third-order valence-corrected chi connectivity index (χ3v) is 11.0. The highest BCUT2D eigenvalue weighted by Gasteiger charge is 2.59. The molecule has 5 rings (SSSR count). The number of rotatable bonds is 2. The van der Waals surface area contributed by atoms with Gasteiger partial charge in [-0.1, -0.05) is 37.8 Å². The second kappa shape index (κ2) is 8.78. The van der Waals surface area contributed by atoms with E-state index in [1.54, 1.807) is 6.08 Å². The smallest absolute Gasteiger partial charge is 0.325 e. The van der Waals surface area contributed by atoms with Crippen molar-refractivity contribution < 1.29 is 35.9 Å². The fraction of sp³-hybridized carbons (Fsp3) is 0.630. The SMILES string of the molecule is C[C@]12CC[C@@H]3[C@@H](CCC4SC(=O)C=C[C@@]43C)[C@@H]1CC(C(=O)Nc1cccc(C(F)(F)F)c1C(F)(F)F)C2. The highest BCUT2D eigenvalue weighted by atomic mass is 32.2. The molecule has 2 unspecified atom stereocenters. The second-order valence-corrected chi connectivity index (χ2v) is 12.8. The Morgan fingerprint density at radius 2 is 1.76 bits per heavy atom. The quantitative estimate of drug-likeness (QED) is 0.387. The molecule has 1 aromatic carbocycles. The second-order valence-electron chi connectivity index (χ2n) is 11.6. The summed E-state index contributed by atoms with van der Waals surface area (Å²) >= 11 is 1.40. The lowest BCUT2D eigenvalue weighted by atomic mass is 9.50. The third-order valence-electron chi connectivity index (χ3n) is 9.58. The number of alkyl halides is 6. The number of fused-ring (bicyclic) bond motifs is 5. The molecule has 0 aromatic heterocycles. The number of benzene rings is 1. The predicted octanol–water partition coefficient (Wildman–Crippen LogP) is 7.72. The summed E-state index contributed by atoms with van der Waals surface area (Å²) in [6, 6.07) is 2.14. The zero-order valence-electron chi connectivity index (χ0n) is 20.5. The summed E-state index contributed by atoms with van der Waals surface area (Å²) in [6.07, 6.45) is -2.13. The van der Waals surface area contributed by atoms with Crippen LogP contribution in [0.15, 0.2) is 30.4 Å². The molecule has 37 heavy (non-hydrogen) atoms. The van der Waals surface area contributed by atoms with E-state index >= 15 is 0 Å². The normalized spacial score (nSPS) is 37.5. The lowest BCUT2D eigenvalue weighted by Crippen LogP contribution is -2.52. The molecule has 0 spiro atoms. The molecule has 1 heterocycles. The first-order chi connectivity index (χ1) is 17.1. The molecule has 7 atom stereocenters. The van der Waals surface area contributed by atoms with Crippen LogP contribution in [0, 0.1) is 34.5 Å². The number of anilines is 1. The van der Waals surface area contributed by atoms with Gasteiger partial charge in [-0.25, -0.2) is 0 Å². The minimum absolute atomic E-state index is 0.0759. The molecule has 3 aliphatic carbocycles. The van der Waals surface area contributed by atoms with Crippen LogP contribution < -0.4 is 5.32 Å². The molecule has 1 aliphatic heterocycles. The number of carbonyl (C=O) groups excluding carboxylic acids is 2. The zero-order chi connectivity index (χ0) is 27.0. The Hall–Kier alpha value is -1.97. The van der Waals surface area contributed by atoms with Crippen molar-refractivity contribution in [2.75, 3.05) is 5.32 Å². The fourth-order valence-electron chi connectivity index (χ4n) is 7.89. The molecule has 3 saturated carbocycles. The van der Waals surface area contributed by atoms with Gasteiger partial charge in [-0.05, 0) is 79.9 Å². The van der Waals surface area contributed by atoms with Crippen LogP contribution in [0.25, 0.3) is 0 Å². The van der Waals surface area contributed by atoms with Gasteiger partial charge >= 0.3 is 12.4 Å². The summed E-state index contributed by atoms with van der Waals surface area (Å²) in [5.74, 6) is -0.360. The van der Waals surface area contributed by atoms with Crippen LogP contribution in [0.1, 0.15) is 63.5 Å². The van der Waals surface area contributed by atoms with Crippen LogP contribution >= 0.6 is 11.8 Å². The van der Waals surface area contributed by atoms with Crippen LogP contribution in [0.3, 0.4) is 0 Å². The van der Waals surface area contributed by atoms with Gasteiger partial charge in [0.15, 0.2) is 0 Å². The Kier molecular flexibility index (Phi) is 6.32. The van der Waals surface area contributed by atoms with Gasteiger partial charge in [-0.3, -0.25) is 9.59 Å². The van der Waals surface area contributed by atoms with Crippen molar-refractivity contribution in [1.82, 2.24) is 0 Å². The van der Waals surface area contributed by atoms with Gasteiger partial charge in [0.1, 0.15) is 0 Å². The molecule has 1 N–H and O–H groups in total. The minimum atomic E-state index is -5.28. The van der Waals surface area contributed by atoms with Crippen molar-refractivity contribution in [2.24, 2.45) is 34.5 Å². The van der Waals surface area contributed by atoms with E-state index in [9.17, 15) is 35.9 Å². The maximum absolute atomic E-state index is 13.7. The third kappa shape index (κ3) is 4.51. The van der Waals surface area contributed by atoms with Crippen molar-refractivity contribution in [2.45, 2.75) is 70.0 Å². The van der Waals surface area contributed by atoms with Crippen molar-refractivity contribution in [3.8, 4) is 0 Å². The van der Waals surface area contributed by atoms with Crippen molar-refractivity contribution in [3.63, 3.8) is 0 Å². The first kappa shape index (κ1) is 26.6. The van der Waals surface area contributed by atoms with E-state index in [1.165, 1.54) is 11.8 Å². The van der Waals surface area contributed by atoms with Gasteiger partial charge in [-0.15, -0.1) is 0 Å². The topological polar surface area (TPSA) is 46.2 Å². The molecule has 1 amide bonds. The van der Waals surface area contributed by atoms with E-state index in [2.05, 4.69) is 25.2 Å². The molecule has 10 heteroatoms. The van der Waals surface area contributed by atoms with Crippen LogP contribution in [0.5, 0.6) is 0 Å². The van der Waals surface area contributed by atoms with Gasteiger partial charge in [0, 0.05) is 16.6 Å². The van der Waals surface area contributed by atoms with Gasteiger partial charge < -0.3 is 5.32 Å². The van der Waals surface area contributed by atoms with E-state index < -0.39 is 41.0 Å². The minimum Gasteiger partial charge on any atom is -0.325 e. The Morgan fingerprint density at radius 1 is 1.03 bits per heavy atom. The Morgan fingerprint density at radius 3 is 2.43 bits per heavy atom. The molecular formula is C27H29F6NO2S. The van der Waals surface area contributed by atoms with Crippen LogP contribution in [0.4, 0.5) is 32.0 Å². The lowest BCUT2D eigenvalue weighted by Gasteiger charge is -2.57. The molecule has 0 bridgehead atoms. The summed E-state index contributed by atoms with van der Waals surface area (Å²) in [5, 5.41) is 2.51. The number of allylic oxidation sites excluding steroid dienone is 1. The highest BCUT2D eigenvalue weighted by molar-refractivity contribution is 8.14. The van der Waals surface area contributed by atoms with Crippen molar-refractivity contribution in [1.29, 1.82) is 0 Å². The van der Waals surface area contributed by atoms with Gasteiger partial charge in [0.05, 0.1) is 16.8 Å². The molecule has 1 aromatic rings. The van der Waals surface area contributed by atoms with Crippen LogP contribution in [0.2, 0.25) is 0 Å². The van der Waals surface area contributed by atoms with Gasteiger partial charge in [0.25, 0.3) is 0 Å². The van der Waals surface area contributed by atoms with E-state index in [-0.39, 0.29) is 27.1 Å². The van der Waals surface area contributed by atoms with E-state index in [4.69, 9.17) is 0 Å². The molecular weight excluding hydrogens is 516 g/mol. The highest BCUT2D eigenvalue weighted by Crippen LogP contribution is 2.66. The summed E-state index contributed by atoms with van der Waals surface area (Å²) < 4.78 is 81.0. The number of halogens is 6. The molecule has 4 aliphatic rings. The summed E-state index contributed by atoms with van der Waals surface area (Å²) in [5.41, 5.74) is -4.81. The molecule has 0 saturated heterocycles. The van der Waals surface area contributed by atoms with E-state index in [0.717, 1.165) is 37.8 Å². The lowest BCUT2D eigenvalue weighted by molar-refractivity contribution is -0.161. The Balaban J connectivity index is 1.38. The largest absolute Gasteiger partial charge is 0.419 e. The molecule has 202 valence electrons. The van der Waals surface area contributed by atoms with Crippen molar-refractivity contribution in [3.05, 3.63) is 41.5 Å². The average molecular weight is 546 g/mol. The first-order valence-corrected chi connectivity index (χ1v) is 13.5. The summed E-state index contributed by atoms with van der Waals surface area (Å²) in [7, 11) is 0. The van der Waals surface area contributed by atoms with Gasteiger partial charge in [-0.2, -0.15) is 26.3 Å².